The number of amides is 1. The fraction of sp³-hybridized carbons (Fsp3) is 0.550. The average Bonchev–Trinajstić information content (AvgIpc) is 2.60. The van der Waals surface area contributed by atoms with Gasteiger partial charge in [0.1, 0.15) is 6.10 Å². The third-order valence-electron chi connectivity index (χ3n) is 4.81. The molecule has 1 rings (SSSR count). The highest BCUT2D eigenvalue weighted by molar-refractivity contribution is 5.82. The lowest BCUT2D eigenvalue weighted by Crippen LogP contribution is -2.47. The Balaban J connectivity index is 3.17. The lowest BCUT2D eigenvalue weighted by Gasteiger charge is -2.40. The molecule has 6 heteroatoms. The normalized spacial score (nSPS) is 17.7. The molecule has 0 heterocycles. The molecule has 1 N–H and O–H groups in total. The maximum Gasteiger partial charge on any atom is 0.471 e. The smallest absolute Gasteiger partial charge is 0.365 e. The van der Waals surface area contributed by atoms with Crippen molar-refractivity contribution in [3.05, 3.63) is 48.6 Å². The van der Waals surface area contributed by atoms with Crippen molar-refractivity contribution in [2.24, 2.45) is 5.92 Å². The molecule has 0 fully saturated rings. The first-order chi connectivity index (χ1) is 12.1. The number of benzene rings is 1. The van der Waals surface area contributed by atoms with E-state index in [1.165, 1.54) is 6.92 Å². The molecule has 146 valence electrons. The molecule has 3 nitrogen and oxygen atoms in total. The summed E-state index contributed by atoms with van der Waals surface area (Å²) < 4.78 is 44.3. The van der Waals surface area contributed by atoms with Gasteiger partial charge in [0, 0.05) is 5.92 Å². The van der Waals surface area contributed by atoms with Crippen LogP contribution in [-0.4, -0.2) is 23.7 Å². The van der Waals surface area contributed by atoms with Gasteiger partial charge in [0.05, 0.1) is 11.6 Å². The van der Waals surface area contributed by atoms with Crippen molar-refractivity contribution in [3.8, 4) is 0 Å². The van der Waals surface area contributed by atoms with Crippen LogP contribution in [0.25, 0.3) is 0 Å². The molecule has 0 saturated carbocycles. The molecule has 0 aliphatic rings. The lowest BCUT2D eigenvalue weighted by atomic mass is 9.84. The minimum atomic E-state index is -4.93. The summed E-state index contributed by atoms with van der Waals surface area (Å²) in [5, 5.41) is 2.03. The quantitative estimate of drug-likeness (QED) is 0.607. The molecule has 0 aromatic heterocycles. The Bertz CT molecular complexity index is 588. The Morgan fingerprint density at radius 1 is 1.27 bits per heavy atom. The van der Waals surface area contributed by atoms with E-state index in [-0.39, 0.29) is 5.92 Å². The fourth-order valence-electron chi connectivity index (χ4n) is 3.04. The average molecular weight is 371 g/mol. The van der Waals surface area contributed by atoms with Gasteiger partial charge >= 0.3 is 12.1 Å². The number of hydrogen-bond donors (Lipinski definition) is 1. The van der Waals surface area contributed by atoms with Gasteiger partial charge < -0.3 is 10.1 Å². The van der Waals surface area contributed by atoms with Crippen LogP contribution in [0.4, 0.5) is 13.2 Å². The van der Waals surface area contributed by atoms with E-state index in [4.69, 9.17) is 4.74 Å². The first-order valence-electron chi connectivity index (χ1n) is 8.82. The van der Waals surface area contributed by atoms with E-state index in [2.05, 4.69) is 6.58 Å². The topological polar surface area (TPSA) is 38.3 Å². The first kappa shape index (κ1) is 22.2. The van der Waals surface area contributed by atoms with Crippen LogP contribution >= 0.6 is 0 Å². The Hall–Kier alpha value is -1.82. The van der Waals surface area contributed by atoms with Gasteiger partial charge in [0.25, 0.3) is 0 Å². The van der Waals surface area contributed by atoms with E-state index in [0.29, 0.717) is 12.0 Å². The third kappa shape index (κ3) is 5.59. The molecule has 0 bridgehead atoms. The van der Waals surface area contributed by atoms with Gasteiger partial charge in [-0.15, -0.1) is 6.58 Å². The molecule has 1 amide bonds. The molecule has 26 heavy (non-hydrogen) atoms. The number of halogens is 3. The molecule has 0 aliphatic heterocycles. The lowest BCUT2D eigenvalue weighted by molar-refractivity contribution is -0.177. The van der Waals surface area contributed by atoms with Gasteiger partial charge in [-0.05, 0) is 32.3 Å². The van der Waals surface area contributed by atoms with Crippen molar-refractivity contribution in [1.82, 2.24) is 5.32 Å². The Morgan fingerprint density at radius 2 is 1.85 bits per heavy atom. The predicted octanol–water partition coefficient (Wildman–Crippen LogP) is 5.19. The Labute approximate surface area is 153 Å². The van der Waals surface area contributed by atoms with Crippen LogP contribution < -0.4 is 5.32 Å². The summed E-state index contributed by atoms with van der Waals surface area (Å²) in [6.07, 6.45) is -2.40. The van der Waals surface area contributed by atoms with Crippen LogP contribution in [0.15, 0.2) is 43.0 Å². The van der Waals surface area contributed by atoms with Crippen LogP contribution in [0, 0.1) is 5.92 Å². The predicted molar refractivity (Wildman–Crippen MR) is 96.6 cm³/mol. The molecular weight excluding hydrogens is 343 g/mol. The van der Waals surface area contributed by atoms with Crippen molar-refractivity contribution in [1.29, 1.82) is 0 Å². The minimum absolute atomic E-state index is 0.0317. The SMILES string of the molecule is C=C[C@@H](CC)[C@](C)(CC)O[C@@H](c1ccccc1)[C@H](C)NC(=O)C(F)(F)F. The zero-order chi connectivity index (χ0) is 20.0. The zero-order valence-electron chi connectivity index (χ0n) is 15.8. The van der Waals surface area contributed by atoms with Crippen molar-refractivity contribution in [3.63, 3.8) is 0 Å². The van der Waals surface area contributed by atoms with E-state index < -0.39 is 29.8 Å². The molecule has 1 aromatic rings. The van der Waals surface area contributed by atoms with Crippen molar-refractivity contribution in [2.75, 3.05) is 0 Å². The maximum atomic E-state index is 12.7. The van der Waals surface area contributed by atoms with E-state index in [0.717, 1.165) is 6.42 Å². The largest absolute Gasteiger partial charge is 0.471 e. The standard InChI is InChI=1S/C20H28F3NO2/c1-6-16(7-2)19(5,8-3)26-17(15-12-10-9-11-13-15)14(4)24-18(25)20(21,22)23/h6,9-14,16-17H,1,7-8H2,2-5H3,(H,24,25)/t14-,16-,17+,19-/m0/s1. The van der Waals surface area contributed by atoms with Crippen LogP contribution in [0.5, 0.6) is 0 Å². The van der Waals surface area contributed by atoms with E-state index in [1.807, 2.05) is 38.2 Å². The molecule has 0 aliphatic carbocycles. The van der Waals surface area contributed by atoms with Crippen LogP contribution in [0.3, 0.4) is 0 Å². The van der Waals surface area contributed by atoms with Crippen molar-refractivity contribution >= 4 is 5.91 Å². The second kappa shape index (κ2) is 9.21. The highest BCUT2D eigenvalue weighted by atomic mass is 19.4. The van der Waals surface area contributed by atoms with Crippen molar-refractivity contribution in [2.45, 2.75) is 64.5 Å². The maximum absolute atomic E-state index is 12.7. The summed E-state index contributed by atoms with van der Waals surface area (Å²) in [5.41, 5.74) is 0.0925. The third-order valence-corrected chi connectivity index (χ3v) is 4.81. The summed E-state index contributed by atoms with van der Waals surface area (Å²) in [6, 6.07) is 8.10. The van der Waals surface area contributed by atoms with E-state index >= 15 is 0 Å². The zero-order valence-corrected chi connectivity index (χ0v) is 15.8. The summed E-state index contributed by atoms with van der Waals surface area (Å²) in [5.74, 6) is -1.94. The van der Waals surface area contributed by atoms with E-state index in [9.17, 15) is 18.0 Å². The number of hydrogen-bond acceptors (Lipinski definition) is 2. The number of alkyl halides is 3. The summed E-state index contributed by atoms with van der Waals surface area (Å²) in [4.78, 5) is 11.4. The number of carbonyl (C=O) groups excluding carboxylic acids is 1. The molecule has 0 spiro atoms. The second-order valence-corrected chi connectivity index (χ2v) is 6.63. The summed E-state index contributed by atoms with van der Waals surface area (Å²) in [6.45, 7) is 11.3. The Kier molecular flexibility index (Phi) is 7.87. The van der Waals surface area contributed by atoms with Crippen LogP contribution in [0.1, 0.15) is 52.2 Å². The number of ether oxygens (including phenoxy) is 1. The van der Waals surface area contributed by atoms with Crippen LogP contribution in [0.2, 0.25) is 0 Å². The van der Waals surface area contributed by atoms with Crippen LogP contribution in [-0.2, 0) is 9.53 Å². The number of nitrogens with one attached hydrogen (secondary N) is 1. The second-order valence-electron chi connectivity index (χ2n) is 6.63. The molecule has 0 radical (unpaired) electrons. The monoisotopic (exact) mass is 371 g/mol. The number of carbonyl (C=O) groups is 1. The molecule has 0 saturated heterocycles. The van der Waals surface area contributed by atoms with Gasteiger partial charge in [-0.2, -0.15) is 13.2 Å². The van der Waals surface area contributed by atoms with Gasteiger partial charge in [0.2, 0.25) is 0 Å². The van der Waals surface area contributed by atoms with Gasteiger partial charge in [-0.25, -0.2) is 0 Å². The molecular formula is C20H28F3NO2. The van der Waals surface area contributed by atoms with Crippen molar-refractivity contribution < 1.29 is 22.7 Å². The van der Waals surface area contributed by atoms with E-state index in [1.54, 1.807) is 24.3 Å². The molecule has 1 aromatic carbocycles. The van der Waals surface area contributed by atoms with Gasteiger partial charge in [0.15, 0.2) is 0 Å². The summed E-state index contributed by atoms with van der Waals surface area (Å²) in [7, 11) is 0. The minimum Gasteiger partial charge on any atom is -0.365 e. The molecule has 0 unspecified atom stereocenters. The Morgan fingerprint density at radius 3 is 2.27 bits per heavy atom. The molecule has 4 atom stereocenters. The number of rotatable bonds is 9. The highest BCUT2D eigenvalue weighted by Crippen LogP contribution is 2.36. The van der Waals surface area contributed by atoms with Gasteiger partial charge in [-0.1, -0.05) is 50.3 Å². The summed E-state index contributed by atoms with van der Waals surface area (Å²) >= 11 is 0. The first-order valence-corrected chi connectivity index (χ1v) is 8.82. The van der Waals surface area contributed by atoms with Gasteiger partial charge in [-0.3, -0.25) is 4.79 Å². The highest BCUT2D eigenvalue weighted by Gasteiger charge is 2.42. The fourth-order valence-corrected chi connectivity index (χ4v) is 3.04.